The number of carbonyl (C=O) groups is 2. The van der Waals surface area contributed by atoms with Crippen LogP contribution in [0.3, 0.4) is 0 Å². The van der Waals surface area contributed by atoms with E-state index < -0.39 is 5.60 Å². The Morgan fingerprint density at radius 1 is 1.18 bits per heavy atom. The monoisotopic (exact) mass is 537 g/mol. The Morgan fingerprint density at radius 2 is 1.87 bits per heavy atom. The minimum atomic E-state index is -0.609. The highest BCUT2D eigenvalue weighted by Gasteiger charge is 2.45. The van der Waals surface area contributed by atoms with Gasteiger partial charge in [0.15, 0.2) is 11.9 Å². The number of fused-ring (bicyclic) bond motifs is 1. The lowest BCUT2D eigenvalue weighted by Gasteiger charge is -2.48. The fourth-order valence-corrected chi connectivity index (χ4v) is 5.31. The van der Waals surface area contributed by atoms with Crippen molar-refractivity contribution in [3.05, 3.63) is 53.1 Å². The summed E-state index contributed by atoms with van der Waals surface area (Å²) in [6.45, 7) is 14.5. The number of halogens is 1. The first-order valence-corrected chi connectivity index (χ1v) is 13.6. The summed E-state index contributed by atoms with van der Waals surface area (Å²) in [7, 11) is 2.11. The SMILES string of the molecule is CN1CCN(C(=O)C2CC(C)(O)C2)CC1(C)C.Cc1cc(-c2cc(C(C)C)c3nc(C=O)cn3n2)ccc1F. The summed E-state index contributed by atoms with van der Waals surface area (Å²) in [5, 5.41) is 14.2. The second-order valence-corrected chi connectivity index (χ2v) is 12.3. The van der Waals surface area contributed by atoms with Crippen molar-refractivity contribution < 1.29 is 19.1 Å². The Kier molecular flexibility index (Phi) is 7.96. The van der Waals surface area contributed by atoms with Crippen molar-refractivity contribution in [3.63, 3.8) is 0 Å². The van der Waals surface area contributed by atoms with Gasteiger partial charge in [-0.05, 0) is 83.3 Å². The molecule has 1 amide bonds. The largest absolute Gasteiger partial charge is 0.390 e. The van der Waals surface area contributed by atoms with Gasteiger partial charge >= 0.3 is 0 Å². The number of rotatable bonds is 4. The summed E-state index contributed by atoms with van der Waals surface area (Å²) in [5.41, 5.74) is 3.62. The number of nitrogens with zero attached hydrogens (tertiary/aromatic N) is 5. The fourth-order valence-electron chi connectivity index (χ4n) is 5.31. The number of imidazole rings is 1. The molecule has 0 spiro atoms. The van der Waals surface area contributed by atoms with E-state index in [2.05, 4.69) is 49.7 Å². The smallest absolute Gasteiger partial charge is 0.226 e. The average Bonchev–Trinajstić information content (AvgIpc) is 3.28. The summed E-state index contributed by atoms with van der Waals surface area (Å²) in [6, 6.07) is 6.87. The van der Waals surface area contributed by atoms with Crippen LogP contribution in [0.15, 0.2) is 30.5 Å². The van der Waals surface area contributed by atoms with Crippen LogP contribution in [0.2, 0.25) is 0 Å². The second kappa shape index (κ2) is 10.8. The van der Waals surface area contributed by atoms with E-state index in [-0.39, 0.29) is 29.1 Å². The summed E-state index contributed by atoms with van der Waals surface area (Å²) >= 11 is 0. The van der Waals surface area contributed by atoms with Crippen LogP contribution in [0.25, 0.3) is 16.9 Å². The number of amides is 1. The Labute approximate surface area is 229 Å². The standard InChI is InChI=1S/C17H16FN3O.C13H24N2O2/c1-10(2)14-7-16(12-4-5-15(18)11(3)6-12)20-21-8-13(9-22)19-17(14)21;1-12(2)9-15(6-5-14(12)4)11(16)10-7-13(3,17)8-10/h4-10H,1-3H3;10,17H,5-9H2,1-4H3. The third-order valence-electron chi connectivity index (χ3n) is 8.02. The number of hydrogen-bond donors (Lipinski definition) is 1. The molecule has 9 heteroatoms. The molecule has 1 saturated heterocycles. The molecule has 2 fully saturated rings. The van der Waals surface area contributed by atoms with Gasteiger partial charge in [0.05, 0.1) is 17.5 Å². The molecule has 1 aromatic carbocycles. The fraction of sp³-hybridized carbons (Fsp3) is 0.533. The Hall–Kier alpha value is -3.17. The molecule has 0 unspecified atom stereocenters. The molecule has 3 heterocycles. The van der Waals surface area contributed by atoms with E-state index in [1.165, 1.54) is 6.07 Å². The van der Waals surface area contributed by atoms with E-state index in [9.17, 15) is 19.1 Å². The van der Waals surface area contributed by atoms with Crippen molar-refractivity contribution in [1.29, 1.82) is 0 Å². The summed E-state index contributed by atoms with van der Waals surface area (Å²) < 4.78 is 15.1. The molecule has 5 rings (SSSR count). The molecule has 0 atom stereocenters. The minimum absolute atomic E-state index is 0.0456. The lowest BCUT2D eigenvalue weighted by atomic mass is 9.71. The molecule has 1 saturated carbocycles. The molecule has 8 nitrogen and oxygen atoms in total. The van der Waals surface area contributed by atoms with Gasteiger partial charge in [0.2, 0.25) is 5.91 Å². The van der Waals surface area contributed by atoms with E-state index >= 15 is 0 Å². The maximum atomic E-state index is 13.4. The van der Waals surface area contributed by atoms with E-state index in [1.807, 2.05) is 17.9 Å². The van der Waals surface area contributed by atoms with Gasteiger partial charge in [-0.15, -0.1) is 0 Å². The van der Waals surface area contributed by atoms with Gasteiger partial charge in [0, 0.05) is 42.2 Å². The average molecular weight is 538 g/mol. The molecule has 39 heavy (non-hydrogen) atoms. The van der Waals surface area contributed by atoms with Crippen molar-refractivity contribution in [2.75, 3.05) is 26.7 Å². The molecule has 1 aliphatic carbocycles. The number of aldehydes is 1. The molecule has 1 aliphatic heterocycles. The van der Waals surface area contributed by atoms with Crippen LogP contribution in [-0.2, 0) is 4.79 Å². The molecular formula is C30H40FN5O3. The van der Waals surface area contributed by atoms with Crippen LogP contribution in [-0.4, -0.2) is 79.5 Å². The number of hydrogen-bond acceptors (Lipinski definition) is 6. The van der Waals surface area contributed by atoms with Crippen LogP contribution < -0.4 is 0 Å². The van der Waals surface area contributed by atoms with Crippen molar-refractivity contribution in [3.8, 4) is 11.3 Å². The first kappa shape index (κ1) is 28.8. The zero-order valence-corrected chi connectivity index (χ0v) is 24.0. The number of aryl methyl sites for hydroxylation is 1. The number of piperazine rings is 1. The van der Waals surface area contributed by atoms with Gasteiger partial charge in [-0.1, -0.05) is 13.8 Å². The summed E-state index contributed by atoms with van der Waals surface area (Å²) in [5.74, 6) is 0.273. The van der Waals surface area contributed by atoms with Gasteiger partial charge in [-0.2, -0.15) is 5.10 Å². The lowest BCUT2D eigenvalue weighted by Crippen LogP contribution is -2.61. The maximum absolute atomic E-state index is 13.4. The molecule has 0 bridgehead atoms. The van der Waals surface area contributed by atoms with Crippen molar-refractivity contribution in [2.24, 2.45) is 5.92 Å². The predicted octanol–water partition coefficient (Wildman–Crippen LogP) is 4.48. The van der Waals surface area contributed by atoms with Crippen LogP contribution >= 0.6 is 0 Å². The highest BCUT2D eigenvalue weighted by Crippen LogP contribution is 2.39. The third kappa shape index (κ3) is 6.20. The van der Waals surface area contributed by atoms with Gasteiger partial charge in [0.1, 0.15) is 11.5 Å². The van der Waals surface area contributed by atoms with Crippen molar-refractivity contribution in [2.45, 2.75) is 71.4 Å². The van der Waals surface area contributed by atoms with Gasteiger partial charge < -0.3 is 10.0 Å². The number of benzene rings is 1. The van der Waals surface area contributed by atoms with Crippen molar-refractivity contribution in [1.82, 2.24) is 24.4 Å². The molecule has 210 valence electrons. The quantitative estimate of drug-likeness (QED) is 0.494. The van der Waals surface area contributed by atoms with E-state index in [1.54, 1.807) is 29.8 Å². The number of likely N-dealkylation sites (N-methyl/N-ethyl adjacent to an activating group) is 1. The van der Waals surface area contributed by atoms with Crippen LogP contribution in [0, 0.1) is 18.7 Å². The Bertz CT molecular complexity index is 1370. The molecule has 2 aliphatic rings. The zero-order chi connectivity index (χ0) is 28.7. The summed E-state index contributed by atoms with van der Waals surface area (Å²) in [6.07, 6.45) is 3.56. The van der Waals surface area contributed by atoms with E-state index in [0.29, 0.717) is 36.0 Å². The normalized spacial score (nSPS) is 22.8. The Balaban J connectivity index is 0.000000187. The molecule has 1 N–H and O–H groups in total. The van der Waals surface area contributed by atoms with E-state index in [0.717, 1.165) is 36.5 Å². The molecule has 0 radical (unpaired) electrons. The summed E-state index contributed by atoms with van der Waals surface area (Å²) in [4.78, 5) is 31.8. The van der Waals surface area contributed by atoms with Crippen LogP contribution in [0.1, 0.15) is 75.0 Å². The highest BCUT2D eigenvalue weighted by atomic mass is 19.1. The Morgan fingerprint density at radius 3 is 2.44 bits per heavy atom. The minimum Gasteiger partial charge on any atom is -0.390 e. The van der Waals surface area contributed by atoms with Crippen molar-refractivity contribution >= 4 is 17.8 Å². The second-order valence-electron chi connectivity index (χ2n) is 12.3. The highest BCUT2D eigenvalue weighted by molar-refractivity contribution is 5.80. The number of carbonyl (C=O) groups excluding carboxylic acids is 2. The van der Waals surface area contributed by atoms with Gasteiger partial charge in [-0.3, -0.25) is 14.5 Å². The third-order valence-corrected chi connectivity index (χ3v) is 8.02. The number of aromatic nitrogens is 3. The number of aliphatic hydroxyl groups is 1. The molecular weight excluding hydrogens is 497 g/mol. The van der Waals surface area contributed by atoms with Crippen LogP contribution in [0.4, 0.5) is 4.39 Å². The first-order valence-electron chi connectivity index (χ1n) is 13.6. The molecule has 3 aromatic rings. The van der Waals surface area contributed by atoms with Gasteiger partial charge in [0.25, 0.3) is 0 Å². The van der Waals surface area contributed by atoms with E-state index in [4.69, 9.17) is 0 Å². The van der Waals surface area contributed by atoms with Gasteiger partial charge in [-0.25, -0.2) is 13.9 Å². The lowest BCUT2D eigenvalue weighted by molar-refractivity contribution is -0.153. The zero-order valence-electron chi connectivity index (χ0n) is 24.0. The predicted molar refractivity (Wildman–Crippen MR) is 149 cm³/mol. The van der Waals surface area contributed by atoms with Crippen LogP contribution in [0.5, 0.6) is 0 Å². The maximum Gasteiger partial charge on any atom is 0.226 e. The topological polar surface area (TPSA) is 91.0 Å². The first-order chi connectivity index (χ1) is 18.2. The molecule has 2 aromatic heterocycles.